The van der Waals surface area contributed by atoms with Gasteiger partial charge in [-0.25, -0.2) is 0 Å². The van der Waals surface area contributed by atoms with Crippen molar-refractivity contribution in [3.05, 3.63) is 65.7 Å². The first-order chi connectivity index (χ1) is 10.7. The summed E-state index contributed by atoms with van der Waals surface area (Å²) in [5.74, 6) is 0.549. The Morgan fingerprint density at radius 3 is 2.59 bits per heavy atom. The van der Waals surface area contributed by atoms with Crippen molar-refractivity contribution < 1.29 is 4.79 Å². The van der Waals surface area contributed by atoms with E-state index in [1.807, 2.05) is 37.3 Å². The van der Waals surface area contributed by atoms with Crippen molar-refractivity contribution in [3.8, 4) is 0 Å². The highest BCUT2D eigenvalue weighted by molar-refractivity contribution is 5.94. The number of benzene rings is 2. The lowest BCUT2D eigenvalue weighted by atomic mass is 10.1. The second-order valence-corrected chi connectivity index (χ2v) is 6.01. The molecule has 22 heavy (non-hydrogen) atoms. The van der Waals surface area contributed by atoms with Crippen LogP contribution in [0.15, 0.2) is 54.6 Å². The first-order valence-electron chi connectivity index (χ1n) is 7.87. The van der Waals surface area contributed by atoms with Crippen LogP contribution in [-0.2, 0) is 0 Å². The van der Waals surface area contributed by atoms with E-state index in [-0.39, 0.29) is 5.91 Å². The maximum atomic E-state index is 12.1. The Bertz CT molecular complexity index is 622. The molecule has 0 spiro atoms. The van der Waals surface area contributed by atoms with Crippen molar-refractivity contribution in [1.82, 2.24) is 5.32 Å². The number of nitrogens with zero attached hydrogens (tertiary/aromatic N) is 1. The minimum atomic E-state index is 0.0261. The van der Waals surface area contributed by atoms with Crippen LogP contribution < -0.4 is 10.2 Å². The van der Waals surface area contributed by atoms with Gasteiger partial charge in [-0.2, -0.15) is 0 Å². The van der Waals surface area contributed by atoms with E-state index in [4.69, 9.17) is 0 Å². The van der Waals surface area contributed by atoms with Gasteiger partial charge >= 0.3 is 0 Å². The molecule has 3 heteroatoms. The molecule has 114 valence electrons. The molecule has 1 amide bonds. The number of nitrogens with one attached hydrogen (secondary N) is 1. The minimum Gasteiger partial charge on any atom is -0.371 e. The van der Waals surface area contributed by atoms with Crippen LogP contribution in [0.2, 0.25) is 0 Å². The van der Waals surface area contributed by atoms with E-state index in [0.717, 1.165) is 31.6 Å². The lowest BCUT2D eigenvalue weighted by molar-refractivity contribution is 0.0948. The number of carbonyl (C=O) groups is 1. The Balaban J connectivity index is 1.50. The molecule has 0 aromatic heterocycles. The first kappa shape index (κ1) is 14.6. The van der Waals surface area contributed by atoms with Crippen LogP contribution in [0.25, 0.3) is 0 Å². The Hall–Kier alpha value is -2.29. The number of aryl methyl sites for hydroxylation is 1. The van der Waals surface area contributed by atoms with Gasteiger partial charge in [0.05, 0.1) is 0 Å². The van der Waals surface area contributed by atoms with Gasteiger partial charge in [0.25, 0.3) is 5.91 Å². The van der Waals surface area contributed by atoms with Crippen LogP contribution in [0.3, 0.4) is 0 Å². The third-order valence-electron chi connectivity index (χ3n) is 4.27. The SMILES string of the molecule is Cc1ccc(C(=O)NC[C@H]2CCN(c3ccccc3)C2)cc1. The second-order valence-electron chi connectivity index (χ2n) is 6.01. The highest BCUT2D eigenvalue weighted by Crippen LogP contribution is 2.23. The van der Waals surface area contributed by atoms with Gasteiger partial charge in [-0.3, -0.25) is 4.79 Å². The lowest BCUT2D eigenvalue weighted by Gasteiger charge is -2.18. The molecule has 3 nitrogen and oxygen atoms in total. The van der Waals surface area contributed by atoms with E-state index < -0.39 is 0 Å². The zero-order valence-corrected chi connectivity index (χ0v) is 13.0. The lowest BCUT2D eigenvalue weighted by Crippen LogP contribution is -2.31. The number of hydrogen-bond donors (Lipinski definition) is 1. The van der Waals surface area contributed by atoms with E-state index in [9.17, 15) is 4.79 Å². The highest BCUT2D eigenvalue weighted by atomic mass is 16.1. The molecule has 1 fully saturated rings. The van der Waals surface area contributed by atoms with Crippen LogP contribution in [0.4, 0.5) is 5.69 Å². The molecule has 0 unspecified atom stereocenters. The number of para-hydroxylation sites is 1. The molecule has 1 aliphatic rings. The van der Waals surface area contributed by atoms with Gasteiger partial charge in [-0.15, -0.1) is 0 Å². The van der Waals surface area contributed by atoms with Crippen molar-refractivity contribution in [3.63, 3.8) is 0 Å². The molecule has 1 saturated heterocycles. The molecule has 3 rings (SSSR count). The van der Waals surface area contributed by atoms with Crippen molar-refractivity contribution in [2.24, 2.45) is 5.92 Å². The largest absolute Gasteiger partial charge is 0.371 e. The average Bonchev–Trinajstić information content (AvgIpc) is 3.03. The van der Waals surface area contributed by atoms with Crippen LogP contribution in [-0.4, -0.2) is 25.5 Å². The predicted molar refractivity (Wildman–Crippen MR) is 90.3 cm³/mol. The Morgan fingerprint density at radius 2 is 1.86 bits per heavy atom. The number of anilines is 1. The highest BCUT2D eigenvalue weighted by Gasteiger charge is 2.23. The molecule has 0 saturated carbocycles. The average molecular weight is 294 g/mol. The molecule has 0 bridgehead atoms. The molecule has 1 heterocycles. The summed E-state index contributed by atoms with van der Waals surface area (Å²) in [6.45, 7) is 4.85. The van der Waals surface area contributed by atoms with E-state index in [1.54, 1.807) is 0 Å². The van der Waals surface area contributed by atoms with Gasteiger partial charge in [0.2, 0.25) is 0 Å². The van der Waals surface area contributed by atoms with E-state index in [1.165, 1.54) is 11.3 Å². The van der Waals surface area contributed by atoms with Gasteiger partial charge in [-0.1, -0.05) is 35.9 Å². The zero-order valence-electron chi connectivity index (χ0n) is 13.0. The Labute approximate surface area is 132 Å². The fraction of sp³-hybridized carbons (Fsp3) is 0.316. The summed E-state index contributed by atoms with van der Waals surface area (Å²) >= 11 is 0. The molecule has 0 radical (unpaired) electrons. The van der Waals surface area contributed by atoms with Crippen LogP contribution in [0.5, 0.6) is 0 Å². The first-order valence-corrected chi connectivity index (χ1v) is 7.87. The topological polar surface area (TPSA) is 32.3 Å². The molecule has 2 aromatic rings. The maximum absolute atomic E-state index is 12.1. The quantitative estimate of drug-likeness (QED) is 0.939. The number of carbonyl (C=O) groups excluding carboxylic acids is 1. The summed E-state index contributed by atoms with van der Waals surface area (Å²) < 4.78 is 0. The maximum Gasteiger partial charge on any atom is 0.251 e. The fourth-order valence-electron chi connectivity index (χ4n) is 2.92. The van der Waals surface area contributed by atoms with Crippen LogP contribution in [0.1, 0.15) is 22.3 Å². The van der Waals surface area contributed by atoms with Crippen molar-refractivity contribution >= 4 is 11.6 Å². The number of hydrogen-bond acceptors (Lipinski definition) is 2. The second kappa shape index (κ2) is 6.65. The molecular formula is C19H22N2O. The molecular weight excluding hydrogens is 272 g/mol. The van der Waals surface area contributed by atoms with Crippen LogP contribution >= 0.6 is 0 Å². The fourth-order valence-corrected chi connectivity index (χ4v) is 2.92. The smallest absolute Gasteiger partial charge is 0.251 e. The van der Waals surface area contributed by atoms with E-state index in [0.29, 0.717) is 5.92 Å². The van der Waals surface area contributed by atoms with Gasteiger partial charge in [0.1, 0.15) is 0 Å². The van der Waals surface area contributed by atoms with Gasteiger partial charge in [-0.05, 0) is 43.5 Å². The molecule has 2 aromatic carbocycles. The normalized spacial score (nSPS) is 17.5. The van der Waals surface area contributed by atoms with E-state index in [2.05, 4.69) is 34.5 Å². The minimum absolute atomic E-state index is 0.0261. The summed E-state index contributed by atoms with van der Waals surface area (Å²) in [6.07, 6.45) is 1.13. The molecule has 1 N–H and O–H groups in total. The summed E-state index contributed by atoms with van der Waals surface area (Å²) in [4.78, 5) is 14.5. The standard InChI is InChI=1S/C19H22N2O/c1-15-7-9-17(10-8-15)19(22)20-13-16-11-12-21(14-16)18-5-3-2-4-6-18/h2-10,16H,11-14H2,1H3,(H,20,22)/t16-/m1/s1. The predicted octanol–water partition coefficient (Wildman–Crippen LogP) is 3.25. The monoisotopic (exact) mass is 294 g/mol. The Kier molecular flexibility index (Phi) is 4.42. The van der Waals surface area contributed by atoms with Crippen molar-refractivity contribution in [2.45, 2.75) is 13.3 Å². The molecule has 1 atom stereocenters. The summed E-state index contributed by atoms with van der Waals surface area (Å²) in [6, 6.07) is 18.2. The van der Waals surface area contributed by atoms with Gasteiger partial charge < -0.3 is 10.2 Å². The van der Waals surface area contributed by atoms with Crippen LogP contribution in [0, 0.1) is 12.8 Å². The number of rotatable bonds is 4. The third-order valence-corrected chi connectivity index (χ3v) is 4.27. The molecule has 1 aliphatic heterocycles. The van der Waals surface area contributed by atoms with E-state index >= 15 is 0 Å². The van der Waals surface area contributed by atoms with Gasteiger partial charge in [0.15, 0.2) is 0 Å². The summed E-state index contributed by atoms with van der Waals surface area (Å²) in [5.41, 5.74) is 3.18. The summed E-state index contributed by atoms with van der Waals surface area (Å²) in [5, 5.41) is 3.07. The zero-order chi connectivity index (χ0) is 15.4. The third kappa shape index (κ3) is 3.48. The summed E-state index contributed by atoms with van der Waals surface area (Å²) in [7, 11) is 0. The van der Waals surface area contributed by atoms with Crippen molar-refractivity contribution in [1.29, 1.82) is 0 Å². The number of amides is 1. The molecule has 0 aliphatic carbocycles. The van der Waals surface area contributed by atoms with Crippen molar-refractivity contribution in [2.75, 3.05) is 24.5 Å². The van der Waals surface area contributed by atoms with Gasteiger partial charge in [0, 0.05) is 30.9 Å². The Morgan fingerprint density at radius 1 is 1.14 bits per heavy atom.